The van der Waals surface area contributed by atoms with Gasteiger partial charge in [-0.15, -0.1) is 0 Å². The second-order valence-electron chi connectivity index (χ2n) is 3.72. The maximum Gasteiger partial charge on any atom is 0.153 e. The fourth-order valence-electron chi connectivity index (χ4n) is 1.56. The summed E-state index contributed by atoms with van der Waals surface area (Å²) in [5, 5.41) is 0. The molecule has 0 amide bonds. The van der Waals surface area contributed by atoms with Crippen LogP contribution in [-0.2, 0) is 0 Å². The SMILES string of the molecule is Cc1cc(F)cc(Oc2ccccc2C=O)c1. The molecule has 0 N–H and O–H groups in total. The summed E-state index contributed by atoms with van der Waals surface area (Å²) in [4.78, 5) is 10.8. The van der Waals surface area contributed by atoms with Gasteiger partial charge in [0.05, 0.1) is 5.56 Å². The lowest BCUT2D eigenvalue weighted by molar-refractivity contribution is 0.112. The average molecular weight is 230 g/mol. The Morgan fingerprint density at radius 2 is 1.94 bits per heavy atom. The molecule has 0 aromatic heterocycles. The Morgan fingerprint density at radius 1 is 1.18 bits per heavy atom. The normalized spacial score (nSPS) is 10.0. The van der Waals surface area contributed by atoms with Gasteiger partial charge in [0.15, 0.2) is 6.29 Å². The molecule has 0 fully saturated rings. The smallest absolute Gasteiger partial charge is 0.153 e. The lowest BCUT2D eigenvalue weighted by atomic mass is 10.2. The predicted molar refractivity (Wildman–Crippen MR) is 63.0 cm³/mol. The molecule has 0 spiro atoms. The summed E-state index contributed by atoms with van der Waals surface area (Å²) in [7, 11) is 0. The first-order valence-corrected chi connectivity index (χ1v) is 5.18. The van der Waals surface area contributed by atoms with Crippen molar-refractivity contribution in [1.82, 2.24) is 0 Å². The topological polar surface area (TPSA) is 26.3 Å². The molecule has 0 unspecified atom stereocenters. The number of aryl methyl sites for hydroxylation is 1. The predicted octanol–water partition coefficient (Wildman–Crippen LogP) is 3.74. The zero-order valence-corrected chi connectivity index (χ0v) is 9.31. The second kappa shape index (κ2) is 4.78. The number of aldehydes is 1. The van der Waals surface area contributed by atoms with Gasteiger partial charge in [-0.2, -0.15) is 0 Å². The molecular weight excluding hydrogens is 219 g/mol. The van der Waals surface area contributed by atoms with E-state index in [-0.39, 0.29) is 5.82 Å². The molecule has 2 nitrogen and oxygen atoms in total. The van der Waals surface area contributed by atoms with Gasteiger partial charge in [-0.25, -0.2) is 4.39 Å². The molecule has 0 saturated heterocycles. The highest BCUT2D eigenvalue weighted by atomic mass is 19.1. The fourth-order valence-corrected chi connectivity index (χ4v) is 1.56. The summed E-state index contributed by atoms with van der Waals surface area (Å²) in [6, 6.07) is 11.2. The zero-order valence-electron chi connectivity index (χ0n) is 9.31. The monoisotopic (exact) mass is 230 g/mol. The van der Waals surface area contributed by atoms with Crippen LogP contribution in [0.2, 0.25) is 0 Å². The molecule has 86 valence electrons. The van der Waals surface area contributed by atoms with Crippen molar-refractivity contribution in [3.63, 3.8) is 0 Å². The maximum absolute atomic E-state index is 13.2. The largest absolute Gasteiger partial charge is 0.457 e. The van der Waals surface area contributed by atoms with E-state index in [1.54, 1.807) is 37.3 Å². The maximum atomic E-state index is 13.2. The third kappa shape index (κ3) is 2.69. The number of para-hydroxylation sites is 1. The van der Waals surface area contributed by atoms with Gasteiger partial charge in [0.1, 0.15) is 17.3 Å². The van der Waals surface area contributed by atoms with E-state index >= 15 is 0 Å². The highest BCUT2D eigenvalue weighted by Crippen LogP contribution is 2.25. The second-order valence-corrected chi connectivity index (χ2v) is 3.72. The van der Waals surface area contributed by atoms with Crippen LogP contribution in [0.15, 0.2) is 42.5 Å². The first kappa shape index (κ1) is 11.3. The molecule has 0 aliphatic carbocycles. The molecule has 0 aliphatic heterocycles. The number of carbonyl (C=O) groups is 1. The zero-order chi connectivity index (χ0) is 12.3. The van der Waals surface area contributed by atoms with Crippen molar-refractivity contribution < 1.29 is 13.9 Å². The number of hydrogen-bond donors (Lipinski definition) is 0. The Kier molecular flexibility index (Phi) is 3.19. The van der Waals surface area contributed by atoms with Crippen LogP contribution in [0.3, 0.4) is 0 Å². The molecule has 0 saturated carbocycles. The highest BCUT2D eigenvalue weighted by molar-refractivity contribution is 5.79. The van der Waals surface area contributed by atoms with E-state index in [9.17, 15) is 9.18 Å². The molecule has 0 heterocycles. The molecule has 3 heteroatoms. The van der Waals surface area contributed by atoms with E-state index in [0.29, 0.717) is 23.3 Å². The number of hydrogen-bond acceptors (Lipinski definition) is 2. The summed E-state index contributed by atoms with van der Waals surface area (Å²) < 4.78 is 18.7. The Morgan fingerprint density at radius 3 is 2.65 bits per heavy atom. The van der Waals surface area contributed by atoms with E-state index in [0.717, 1.165) is 5.56 Å². The highest BCUT2D eigenvalue weighted by Gasteiger charge is 2.04. The molecule has 17 heavy (non-hydrogen) atoms. The van der Waals surface area contributed by atoms with Crippen molar-refractivity contribution in [3.8, 4) is 11.5 Å². The van der Waals surface area contributed by atoms with Crippen LogP contribution < -0.4 is 4.74 Å². The van der Waals surface area contributed by atoms with E-state index in [1.165, 1.54) is 12.1 Å². The average Bonchev–Trinajstić information content (AvgIpc) is 2.28. The van der Waals surface area contributed by atoms with Crippen LogP contribution in [0.4, 0.5) is 4.39 Å². The van der Waals surface area contributed by atoms with Crippen LogP contribution in [0.1, 0.15) is 15.9 Å². The molecule has 0 atom stereocenters. The third-order valence-corrected chi connectivity index (χ3v) is 2.29. The van der Waals surface area contributed by atoms with Crippen molar-refractivity contribution in [1.29, 1.82) is 0 Å². The molecule has 0 radical (unpaired) electrons. The van der Waals surface area contributed by atoms with E-state index in [1.807, 2.05) is 0 Å². The first-order chi connectivity index (χ1) is 8.19. The number of rotatable bonds is 3. The van der Waals surface area contributed by atoms with Gasteiger partial charge in [0.2, 0.25) is 0 Å². The van der Waals surface area contributed by atoms with Crippen molar-refractivity contribution in [2.45, 2.75) is 6.92 Å². The van der Waals surface area contributed by atoms with Crippen LogP contribution >= 0.6 is 0 Å². The van der Waals surface area contributed by atoms with E-state index < -0.39 is 0 Å². The van der Waals surface area contributed by atoms with Gasteiger partial charge in [-0.05, 0) is 36.8 Å². The van der Waals surface area contributed by atoms with Crippen molar-refractivity contribution in [2.24, 2.45) is 0 Å². The Hall–Kier alpha value is -2.16. The van der Waals surface area contributed by atoms with E-state index in [4.69, 9.17) is 4.74 Å². The van der Waals surface area contributed by atoms with Crippen molar-refractivity contribution >= 4 is 6.29 Å². The number of carbonyl (C=O) groups excluding carboxylic acids is 1. The van der Waals surface area contributed by atoms with Crippen LogP contribution in [0.25, 0.3) is 0 Å². The number of halogens is 1. The molecule has 2 rings (SSSR count). The minimum absolute atomic E-state index is 0.358. The molecule has 2 aromatic rings. The summed E-state index contributed by atoms with van der Waals surface area (Å²) in [5.74, 6) is 0.452. The summed E-state index contributed by atoms with van der Waals surface area (Å²) in [6.07, 6.45) is 0.710. The first-order valence-electron chi connectivity index (χ1n) is 5.18. The van der Waals surface area contributed by atoms with Crippen LogP contribution in [0.5, 0.6) is 11.5 Å². The standard InChI is InChI=1S/C14H11FO2/c1-10-6-12(15)8-13(7-10)17-14-5-3-2-4-11(14)9-16/h2-9H,1H3. The van der Waals surface area contributed by atoms with Gasteiger partial charge < -0.3 is 4.74 Å². The van der Waals surface area contributed by atoms with Crippen molar-refractivity contribution in [3.05, 3.63) is 59.4 Å². The van der Waals surface area contributed by atoms with Gasteiger partial charge >= 0.3 is 0 Å². The van der Waals surface area contributed by atoms with Crippen LogP contribution in [0, 0.1) is 12.7 Å². The molecule has 0 bridgehead atoms. The fraction of sp³-hybridized carbons (Fsp3) is 0.0714. The summed E-state index contributed by atoms with van der Waals surface area (Å²) in [6.45, 7) is 1.78. The van der Waals surface area contributed by atoms with Crippen LogP contribution in [-0.4, -0.2) is 6.29 Å². The third-order valence-electron chi connectivity index (χ3n) is 2.29. The summed E-state index contributed by atoms with van der Waals surface area (Å²) in [5.41, 5.74) is 1.21. The van der Waals surface area contributed by atoms with Gasteiger partial charge in [-0.3, -0.25) is 4.79 Å². The van der Waals surface area contributed by atoms with Gasteiger partial charge in [0, 0.05) is 6.07 Å². The molecule has 2 aromatic carbocycles. The van der Waals surface area contributed by atoms with Gasteiger partial charge in [0.25, 0.3) is 0 Å². The number of ether oxygens (including phenoxy) is 1. The lowest BCUT2D eigenvalue weighted by Crippen LogP contribution is -1.91. The molecule has 0 aliphatic rings. The molecular formula is C14H11FO2. The Balaban J connectivity index is 2.34. The Labute approximate surface area is 98.7 Å². The van der Waals surface area contributed by atoms with E-state index in [2.05, 4.69) is 0 Å². The van der Waals surface area contributed by atoms with Gasteiger partial charge in [-0.1, -0.05) is 12.1 Å². The van der Waals surface area contributed by atoms with Crippen molar-refractivity contribution in [2.75, 3.05) is 0 Å². The summed E-state index contributed by atoms with van der Waals surface area (Å²) >= 11 is 0. The number of benzene rings is 2. The minimum atomic E-state index is -0.358. The quantitative estimate of drug-likeness (QED) is 0.751. The minimum Gasteiger partial charge on any atom is -0.457 e. The lowest BCUT2D eigenvalue weighted by Gasteiger charge is -2.08. The Bertz CT molecular complexity index is 529.